The topological polar surface area (TPSA) is 81.4 Å². The van der Waals surface area contributed by atoms with Gasteiger partial charge in [0.25, 0.3) is 10.2 Å². The third kappa shape index (κ3) is 4.04. The Morgan fingerprint density at radius 2 is 2.23 bits per heavy atom. The zero-order chi connectivity index (χ0) is 10.1. The fraction of sp³-hybridized carbons (Fsp3) is 1.00. The van der Waals surface area contributed by atoms with Crippen LogP contribution in [0.5, 0.6) is 0 Å². The number of ether oxygens (including phenoxy) is 1. The van der Waals surface area contributed by atoms with Crippen molar-refractivity contribution in [3.05, 3.63) is 0 Å². The molecule has 1 atom stereocenters. The third-order valence-electron chi connectivity index (χ3n) is 2.07. The van der Waals surface area contributed by atoms with E-state index in [-0.39, 0.29) is 18.2 Å². The van der Waals surface area contributed by atoms with Gasteiger partial charge in [0.15, 0.2) is 0 Å². The van der Waals surface area contributed by atoms with Gasteiger partial charge in [-0.25, -0.2) is 5.14 Å². The van der Waals surface area contributed by atoms with Gasteiger partial charge in [0.2, 0.25) is 0 Å². The summed E-state index contributed by atoms with van der Waals surface area (Å²) < 4.78 is 28.9. The Morgan fingerprint density at radius 3 is 2.62 bits per heavy atom. The molecule has 1 fully saturated rings. The van der Waals surface area contributed by atoms with E-state index in [0.29, 0.717) is 0 Å². The Labute approximate surface area is 78.8 Å². The smallest absolute Gasteiger partial charge is 0.274 e. The van der Waals surface area contributed by atoms with E-state index in [4.69, 9.17) is 9.88 Å². The molecular weight excluding hydrogens is 192 g/mol. The van der Waals surface area contributed by atoms with E-state index < -0.39 is 10.2 Å². The molecule has 1 aliphatic heterocycles. The van der Waals surface area contributed by atoms with Crippen molar-refractivity contribution in [2.45, 2.75) is 38.4 Å². The van der Waals surface area contributed by atoms with Gasteiger partial charge in [-0.05, 0) is 26.7 Å². The predicted molar refractivity (Wildman–Crippen MR) is 49.3 cm³/mol. The quantitative estimate of drug-likeness (QED) is 0.670. The zero-order valence-corrected chi connectivity index (χ0v) is 8.73. The van der Waals surface area contributed by atoms with E-state index >= 15 is 0 Å². The van der Waals surface area contributed by atoms with E-state index in [1.807, 2.05) is 13.8 Å². The van der Waals surface area contributed by atoms with Crippen molar-refractivity contribution in [1.82, 2.24) is 4.72 Å². The number of hydrogen-bond acceptors (Lipinski definition) is 3. The highest BCUT2D eigenvalue weighted by Gasteiger charge is 2.31. The van der Waals surface area contributed by atoms with E-state index in [0.717, 1.165) is 12.8 Å². The Balaban J connectivity index is 2.34. The largest absolute Gasteiger partial charge is 0.371 e. The van der Waals surface area contributed by atoms with Crippen LogP contribution in [-0.4, -0.2) is 26.7 Å². The maximum absolute atomic E-state index is 10.6. The van der Waals surface area contributed by atoms with E-state index in [9.17, 15) is 8.42 Å². The van der Waals surface area contributed by atoms with Gasteiger partial charge < -0.3 is 4.74 Å². The van der Waals surface area contributed by atoms with Crippen LogP contribution in [0.2, 0.25) is 0 Å². The highest BCUT2D eigenvalue weighted by molar-refractivity contribution is 7.87. The third-order valence-corrected chi connectivity index (χ3v) is 2.64. The van der Waals surface area contributed by atoms with Crippen molar-refractivity contribution >= 4 is 10.2 Å². The second kappa shape index (κ2) is 3.53. The monoisotopic (exact) mass is 208 g/mol. The lowest BCUT2D eigenvalue weighted by molar-refractivity contribution is -0.0122. The Morgan fingerprint density at radius 1 is 1.62 bits per heavy atom. The Bertz CT molecular complexity index is 273. The fourth-order valence-electron chi connectivity index (χ4n) is 1.43. The van der Waals surface area contributed by atoms with Crippen LogP contribution in [0, 0.1) is 0 Å². The molecule has 0 bridgehead atoms. The van der Waals surface area contributed by atoms with Crippen LogP contribution in [0.1, 0.15) is 26.7 Å². The molecule has 1 rings (SSSR count). The SMILES string of the molecule is CC1(C)CCC(CNS(N)(=O)=O)O1. The van der Waals surface area contributed by atoms with Crippen molar-refractivity contribution in [3.63, 3.8) is 0 Å². The molecule has 0 aromatic carbocycles. The van der Waals surface area contributed by atoms with E-state index in [1.165, 1.54) is 0 Å². The summed E-state index contributed by atoms with van der Waals surface area (Å²) in [4.78, 5) is 0. The standard InChI is InChI=1S/C7H16N2O3S/c1-7(2)4-3-6(12-7)5-9-13(8,10)11/h6,9H,3-5H2,1-2H3,(H2,8,10,11). The molecular formula is C7H16N2O3S. The van der Waals surface area contributed by atoms with Crippen LogP contribution < -0.4 is 9.86 Å². The Kier molecular flexibility index (Phi) is 2.96. The first-order valence-corrected chi connectivity index (χ1v) is 5.78. The lowest BCUT2D eigenvalue weighted by Gasteiger charge is -2.18. The van der Waals surface area contributed by atoms with Gasteiger partial charge in [-0.2, -0.15) is 13.1 Å². The molecule has 5 nitrogen and oxygen atoms in total. The molecule has 0 aromatic heterocycles. The van der Waals surface area contributed by atoms with Gasteiger partial charge in [-0.3, -0.25) is 0 Å². The normalized spacial score (nSPS) is 27.8. The number of nitrogens with one attached hydrogen (secondary N) is 1. The minimum Gasteiger partial charge on any atom is -0.371 e. The first-order valence-electron chi connectivity index (χ1n) is 4.24. The summed E-state index contributed by atoms with van der Waals surface area (Å²) in [5.74, 6) is 0. The minimum absolute atomic E-state index is 0.0478. The van der Waals surface area contributed by atoms with Gasteiger partial charge in [0, 0.05) is 6.54 Å². The predicted octanol–water partition coefficient (Wildman–Crippen LogP) is -0.263. The summed E-state index contributed by atoms with van der Waals surface area (Å²) in [6.07, 6.45) is 1.77. The van der Waals surface area contributed by atoms with Crippen molar-refractivity contribution in [2.75, 3.05) is 6.54 Å². The first kappa shape index (κ1) is 10.9. The Hall–Kier alpha value is -0.170. The molecule has 3 N–H and O–H groups in total. The van der Waals surface area contributed by atoms with Crippen LogP contribution >= 0.6 is 0 Å². The van der Waals surface area contributed by atoms with Crippen molar-refractivity contribution in [3.8, 4) is 0 Å². The van der Waals surface area contributed by atoms with Crippen LogP contribution in [0.3, 0.4) is 0 Å². The summed E-state index contributed by atoms with van der Waals surface area (Å²) in [5.41, 5.74) is -0.134. The van der Waals surface area contributed by atoms with Crippen molar-refractivity contribution in [1.29, 1.82) is 0 Å². The average Bonchev–Trinajstić information content (AvgIpc) is 2.24. The molecule has 1 saturated heterocycles. The van der Waals surface area contributed by atoms with Crippen LogP contribution in [-0.2, 0) is 14.9 Å². The maximum atomic E-state index is 10.6. The van der Waals surface area contributed by atoms with Crippen LogP contribution in [0.25, 0.3) is 0 Å². The van der Waals surface area contributed by atoms with Crippen molar-refractivity contribution < 1.29 is 13.2 Å². The molecule has 0 amide bonds. The summed E-state index contributed by atoms with van der Waals surface area (Å²) >= 11 is 0. The summed E-state index contributed by atoms with van der Waals surface area (Å²) in [6, 6.07) is 0. The van der Waals surface area contributed by atoms with Gasteiger partial charge in [0.1, 0.15) is 0 Å². The maximum Gasteiger partial charge on any atom is 0.274 e. The molecule has 1 aliphatic rings. The molecule has 0 spiro atoms. The minimum atomic E-state index is -3.58. The molecule has 1 heterocycles. The summed E-state index contributed by atoms with van der Waals surface area (Å²) in [7, 11) is -3.58. The van der Waals surface area contributed by atoms with Gasteiger partial charge in [-0.1, -0.05) is 0 Å². The second-order valence-corrected chi connectivity index (χ2v) is 5.31. The molecule has 0 aliphatic carbocycles. The lowest BCUT2D eigenvalue weighted by atomic mass is 10.1. The average molecular weight is 208 g/mol. The zero-order valence-electron chi connectivity index (χ0n) is 7.91. The molecule has 13 heavy (non-hydrogen) atoms. The molecule has 78 valence electrons. The van der Waals surface area contributed by atoms with Gasteiger partial charge in [-0.15, -0.1) is 0 Å². The highest BCUT2D eigenvalue weighted by atomic mass is 32.2. The molecule has 1 unspecified atom stereocenters. The van der Waals surface area contributed by atoms with Crippen LogP contribution in [0.4, 0.5) is 0 Å². The molecule has 6 heteroatoms. The summed E-state index contributed by atoms with van der Waals surface area (Å²) in [5, 5.41) is 4.79. The van der Waals surface area contributed by atoms with Crippen molar-refractivity contribution in [2.24, 2.45) is 5.14 Å². The van der Waals surface area contributed by atoms with E-state index in [2.05, 4.69) is 4.72 Å². The van der Waals surface area contributed by atoms with E-state index in [1.54, 1.807) is 0 Å². The molecule has 0 aromatic rings. The fourth-order valence-corrected chi connectivity index (χ4v) is 1.85. The van der Waals surface area contributed by atoms with Gasteiger partial charge >= 0.3 is 0 Å². The van der Waals surface area contributed by atoms with Gasteiger partial charge in [0.05, 0.1) is 11.7 Å². The number of rotatable bonds is 3. The second-order valence-electron chi connectivity index (χ2n) is 3.93. The first-order chi connectivity index (χ1) is 5.79. The lowest BCUT2D eigenvalue weighted by Crippen LogP contribution is -2.37. The summed E-state index contributed by atoms with van der Waals surface area (Å²) in [6.45, 7) is 4.25. The number of hydrogen-bond donors (Lipinski definition) is 2. The van der Waals surface area contributed by atoms with Crippen LogP contribution in [0.15, 0.2) is 0 Å². The highest BCUT2D eigenvalue weighted by Crippen LogP contribution is 2.28. The number of nitrogens with two attached hydrogens (primary N) is 1. The molecule has 0 radical (unpaired) electrons. The molecule has 0 saturated carbocycles.